The highest BCUT2D eigenvalue weighted by atomic mass is 16.6. The fourth-order valence-electron chi connectivity index (χ4n) is 3.33. The highest BCUT2D eigenvalue weighted by Gasteiger charge is 2.37. The van der Waals surface area contributed by atoms with Crippen LogP contribution in [0.5, 0.6) is 5.75 Å². The molecule has 2 aromatic rings. The summed E-state index contributed by atoms with van der Waals surface area (Å²) in [5, 5.41) is 13.8. The van der Waals surface area contributed by atoms with Crippen molar-refractivity contribution in [2.45, 2.75) is 19.4 Å². The number of nitrogens with zero attached hydrogens (tertiary/aromatic N) is 2. The summed E-state index contributed by atoms with van der Waals surface area (Å²) in [6, 6.07) is 13.6. The topological polar surface area (TPSA) is 102 Å². The molecule has 8 heteroatoms. The third kappa shape index (κ3) is 3.95. The highest BCUT2D eigenvalue weighted by molar-refractivity contribution is 5.98. The molecule has 0 aliphatic carbocycles. The molecule has 0 bridgehead atoms. The Balaban J connectivity index is 1.74. The number of amides is 2. The van der Waals surface area contributed by atoms with Gasteiger partial charge in [-0.15, -0.1) is 0 Å². The number of carbonyl (C=O) groups is 2. The second kappa shape index (κ2) is 8.08. The number of rotatable bonds is 6. The third-order valence-electron chi connectivity index (χ3n) is 4.94. The van der Waals surface area contributed by atoms with Gasteiger partial charge in [-0.1, -0.05) is 30.3 Å². The molecule has 1 fully saturated rings. The van der Waals surface area contributed by atoms with E-state index in [1.54, 1.807) is 4.90 Å². The van der Waals surface area contributed by atoms with Crippen molar-refractivity contribution in [1.82, 2.24) is 4.90 Å². The molecule has 0 unspecified atom stereocenters. The van der Waals surface area contributed by atoms with Crippen molar-refractivity contribution in [2.75, 3.05) is 19.0 Å². The minimum atomic E-state index is -0.579. The van der Waals surface area contributed by atoms with Crippen LogP contribution in [0.2, 0.25) is 0 Å². The summed E-state index contributed by atoms with van der Waals surface area (Å²) in [5.41, 5.74) is 0.810. The van der Waals surface area contributed by atoms with Crippen LogP contribution in [0.25, 0.3) is 0 Å². The number of benzene rings is 2. The zero-order chi connectivity index (χ0) is 20.3. The van der Waals surface area contributed by atoms with Crippen LogP contribution in [-0.4, -0.2) is 35.3 Å². The second-order valence-electron chi connectivity index (χ2n) is 6.66. The number of nitrogens with one attached hydrogen (secondary N) is 1. The van der Waals surface area contributed by atoms with Crippen LogP contribution in [0.4, 0.5) is 11.4 Å². The summed E-state index contributed by atoms with van der Waals surface area (Å²) in [6.07, 6.45) is 0.0702. The number of methoxy groups -OCH3 is 1. The smallest absolute Gasteiger partial charge is 0.293 e. The maximum absolute atomic E-state index is 12.7. The summed E-state index contributed by atoms with van der Waals surface area (Å²) >= 11 is 0. The van der Waals surface area contributed by atoms with Crippen molar-refractivity contribution in [3.05, 3.63) is 64.2 Å². The molecule has 1 heterocycles. The largest absolute Gasteiger partial charge is 0.497 e. The molecule has 0 aromatic heterocycles. The van der Waals surface area contributed by atoms with E-state index in [9.17, 15) is 19.7 Å². The molecule has 1 aliphatic rings. The van der Waals surface area contributed by atoms with Crippen LogP contribution in [-0.2, 0) is 9.59 Å². The number of likely N-dealkylation sites (tertiary alicyclic amines) is 1. The number of nitro benzene ring substituents is 1. The molecule has 2 aromatic carbocycles. The summed E-state index contributed by atoms with van der Waals surface area (Å²) in [4.78, 5) is 37.5. The molecule has 0 spiro atoms. The van der Waals surface area contributed by atoms with Gasteiger partial charge >= 0.3 is 0 Å². The molecule has 28 heavy (non-hydrogen) atoms. The van der Waals surface area contributed by atoms with E-state index >= 15 is 0 Å². The van der Waals surface area contributed by atoms with Gasteiger partial charge in [0.2, 0.25) is 11.8 Å². The van der Waals surface area contributed by atoms with Crippen LogP contribution >= 0.6 is 0 Å². The zero-order valence-corrected chi connectivity index (χ0v) is 15.6. The lowest BCUT2D eigenvalue weighted by Crippen LogP contribution is -2.30. The van der Waals surface area contributed by atoms with E-state index < -0.39 is 16.7 Å². The monoisotopic (exact) mass is 383 g/mol. The van der Waals surface area contributed by atoms with E-state index in [1.807, 2.05) is 37.3 Å². The predicted molar refractivity (Wildman–Crippen MR) is 103 cm³/mol. The first-order chi connectivity index (χ1) is 13.4. The Morgan fingerprint density at radius 3 is 2.64 bits per heavy atom. The first-order valence-electron chi connectivity index (χ1n) is 8.88. The maximum atomic E-state index is 12.7. The zero-order valence-electron chi connectivity index (χ0n) is 15.6. The van der Waals surface area contributed by atoms with Gasteiger partial charge in [-0.25, -0.2) is 0 Å². The fourth-order valence-corrected chi connectivity index (χ4v) is 3.33. The number of nitro groups is 1. The SMILES string of the molecule is COc1ccc([N+](=O)[O-])c(NC(=O)[C@H]2CC(=O)N([C@@H](C)c3ccccc3)C2)c1. The van der Waals surface area contributed by atoms with Gasteiger partial charge in [-0.3, -0.25) is 19.7 Å². The number of hydrogen-bond donors (Lipinski definition) is 1. The fraction of sp³-hybridized carbons (Fsp3) is 0.300. The molecular weight excluding hydrogens is 362 g/mol. The second-order valence-corrected chi connectivity index (χ2v) is 6.66. The lowest BCUT2D eigenvalue weighted by atomic mass is 10.1. The number of hydrogen-bond acceptors (Lipinski definition) is 5. The van der Waals surface area contributed by atoms with E-state index in [1.165, 1.54) is 25.3 Å². The van der Waals surface area contributed by atoms with Gasteiger partial charge in [0.1, 0.15) is 11.4 Å². The minimum Gasteiger partial charge on any atom is -0.497 e. The van der Waals surface area contributed by atoms with Crippen LogP contribution in [0, 0.1) is 16.0 Å². The van der Waals surface area contributed by atoms with Gasteiger partial charge < -0.3 is 15.0 Å². The predicted octanol–water partition coefficient (Wildman–Crippen LogP) is 3.15. The quantitative estimate of drug-likeness (QED) is 0.610. The molecule has 8 nitrogen and oxygen atoms in total. The molecule has 1 N–H and O–H groups in total. The highest BCUT2D eigenvalue weighted by Crippen LogP contribution is 2.32. The lowest BCUT2D eigenvalue weighted by Gasteiger charge is -2.25. The Bertz CT molecular complexity index is 900. The van der Waals surface area contributed by atoms with E-state index in [0.717, 1.165) is 5.56 Å². The average molecular weight is 383 g/mol. The number of carbonyl (C=O) groups excluding carboxylic acids is 2. The number of anilines is 1. The molecule has 0 saturated carbocycles. The van der Waals surface area contributed by atoms with Crippen molar-refractivity contribution in [2.24, 2.45) is 5.92 Å². The minimum absolute atomic E-state index is 0.0522. The van der Waals surface area contributed by atoms with Gasteiger partial charge in [0.05, 0.1) is 24.0 Å². The standard InChI is InChI=1S/C20H21N3O5/c1-13(14-6-4-3-5-7-14)22-12-15(10-19(22)24)20(25)21-17-11-16(28-2)8-9-18(17)23(26)27/h3-9,11,13,15H,10,12H2,1-2H3,(H,21,25)/t13-,15-/m0/s1. The van der Waals surface area contributed by atoms with Crippen molar-refractivity contribution in [3.63, 3.8) is 0 Å². The van der Waals surface area contributed by atoms with Gasteiger partial charge in [0.15, 0.2) is 0 Å². The van der Waals surface area contributed by atoms with Crippen LogP contribution in [0.15, 0.2) is 48.5 Å². The summed E-state index contributed by atoms with van der Waals surface area (Å²) in [5.74, 6) is -0.726. The van der Waals surface area contributed by atoms with E-state index in [4.69, 9.17) is 4.74 Å². The molecular formula is C20H21N3O5. The van der Waals surface area contributed by atoms with E-state index in [-0.39, 0.29) is 36.3 Å². The third-order valence-corrected chi connectivity index (χ3v) is 4.94. The first-order valence-corrected chi connectivity index (χ1v) is 8.88. The van der Waals surface area contributed by atoms with E-state index in [0.29, 0.717) is 5.75 Å². The van der Waals surface area contributed by atoms with Crippen LogP contribution in [0.1, 0.15) is 24.9 Å². The summed E-state index contributed by atoms with van der Waals surface area (Å²) in [7, 11) is 1.44. The van der Waals surface area contributed by atoms with E-state index in [2.05, 4.69) is 5.32 Å². The van der Waals surface area contributed by atoms with Crippen LogP contribution < -0.4 is 10.1 Å². The Hall–Kier alpha value is -3.42. The van der Waals surface area contributed by atoms with Gasteiger partial charge in [-0.2, -0.15) is 0 Å². The van der Waals surface area contributed by atoms with Crippen molar-refractivity contribution in [3.8, 4) is 5.75 Å². The van der Waals surface area contributed by atoms with Crippen LogP contribution in [0.3, 0.4) is 0 Å². The number of ether oxygens (including phenoxy) is 1. The molecule has 1 aliphatic heterocycles. The molecule has 146 valence electrons. The maximum Gasteiger partial charge on any atom is 0.293 e. The molecule has 2 atom stereocenters. The lowest BCUT2D eigenvalue weighted by molar-refractivity contribution is -0.383. The molecule has 0 radical (unpaired) electrons. The van der Waals surface area contributed by atoms with Gasteiger partial charge in [0, 0.05) is 25.1 Å². The van der Waals surface area contributed by atoms with Crippen molar-refractivity contribution < 1.29 is 19.2 Å². The molecule has 2 amide bonds. The molecule has 1 saturated heterocycles. The van der Waals surface area contributed by atoms with Gasteiger partial charge in [0.25, 0.3) is 5.69 Å². The van der Waals surface area contributed by atoms with Gasteiger partial charge in [-0.05, 0) is 18.6 Å². The van der Waals surface area contributed by atoms with Crippen molar-refractivity contribution in [1.29, 1.82) is 0 Å². The Labute approximate surface area is 162 Å². The Morgan fingerprint density at radius 2 is 2.00 bits per heavy atom. The summed E-state index contributed by atoms with van der Waals surface area (Å²) in [6.45, 7) is 2.18. The summed E-state index contributed by atoms with van der Waals surface area (Å²) < 4.78 is 5.07. The average Bonchev–Trinajstić information content (AvgIpc) is 3.09. The first kappa shape index (κ1) is 19.3. The molecule has 3 rings (SSSR count). The Morgan fingerprint density at radius 1 is 1.29 bits per heavy atom. The normalized spacial score (nSPS) is 17.3. The van der Waals surface area contributed by atoms with Crippen molar-refractivity contribution >= 4 is 23.2 Å². The Kier molecular flexibility index (Phi) is 5.58.